The molecule has 102 valence electrons. The number of nitriles is 1. The summed E-state index contributed by atoms with van der Waals surface area (Å²) in [6, 6.07) is 9.54. The molecule has 20 heavy (non-hydrogen) atoms. The van der Waals surface area contributed by atoms with Crippen molar-refractivity contribution in [1.29, 1.82) is 5.26 Å². The van der Waals surface area contributed by atoms with Crippen LogP contribution < -0.4 is 5.32 Å². The van der Waals surface area contributed by atoms with E-state index in [0.717, 1.165) is 4.47 Å². The van der Waals surface area contributed by atoms with Crippen molar-refractivity contribution >= 4 is 44.8 Å². The normalized spacial score (nSPS) is 10.2. The second kappa shape index (κ2) is 6.45. The third kappa shape index (κ3) is 3.43. The quantitative estimate of drug-likeness (QED) is 0.783. The van der Waals surface area contributed by atoms with Crippen LogP contribution in [0.1, 0.15) is 11.1 Å². The first-order valence-corrected chi connectivity index (χ1v) is 7.13. The molecule has 0 amide bonds. The van der Waals surface area contributed by atoms with E-state index in [4.69, 9.17) is 28.5 Å². The lowest BCUT2D eigenvalue weighted by atomic mass is 10.1. The third-order valence-electron chi connectivity index (χ3n) is 2.64. The second-order valence-electron chi connectivity index (χ2n) is 4.02. The first kappa shape index (κ1) is 15.1. The molecule has 0 radical (unpaired) electrons. The van der Waals surface area contributed by atoms with Crippen LogP contribution in [-0.4, -0.2) is 0 Å². The molecular formula is C14H8BrCl2FN2. The van der Waals surface area contributed by atoms with Crippen molar-refractivity contribution < 1.29 is 4.39 Å². The molecule has 2 aromatic rings. The van der Waals surface area contributed by atoms with Gasteiger partial charge in [0.1, 0.15) is 5.82 Å². The zero-order valence-corrected chi connectivity index (χ0v) is 13.2. The SMILES string of the molecule is N#Cc1ccc(F)c(CNc2c(Cl)cc(Br)cc2Cl)c1. The standard InChI is InChI=1S/C14H8BrCl2FN2/c15-10-4-11(16)14(12(17)5-10)20-7-9-3-8(6-19)1-2-13(9)18/h1-5,20H,7H2. The van der Waals surface area contributed by atoms with Gasteiger partial charge in [-0.15, -0.1) is 0 Å². The molecular weight excluding hydrogens is 366 g/mol. The fourth-order valence-corrected chi connectivity index (χ4v) is 3.02. The average molecular weight is 374 g/mol. The highest BCUT2D eigenvalue weighted by Crippen LogP contribution is 2.34. The molecule has 1 N–H and O–H groups in total. The van der Waals surface area contributed by atoms with Crippen molar-refractivity contribution in [2.75, 3.05) is 5.32 Å². The molecule has 0 heterocycles. The summed E-state index contributed by atoms with van der Waals surface area (Å²) in [6.07, 6.45) is 0. The van der Waals surface area contributed by atoms with E-state index in [2.05, 4.69) is 21.2 Å². The Bertz CT molecular complexity index is 675. The van der Waals surface area contributed by atoms with E-state index in [9.17, 15) is 4.39 Å². The van der Waals surface area contributed by atoms with E-state index < -0.39 is 0 Å². The maximum Gasteiger partial charge on any atom is 0.128 e. The molecule has 0 saturated carbocycles. The van der Waals surface area contributed by atoms with Gasteiger partial charge in [0.05, 0.1) is 27.4 Å². The summed E-state index contributed by atoms with van der Waals surface area (Å²) < 4.78 is 14.4. The lowest BCUT2D eigenvalue weighted by Crippen LogP contribution is -2.03. The first-order chi connectivity index (χ1) is 9.51. The van der Waals surface area contributed by atoms with Crippen molar-refractivity contribution in [3.05, 3.63) is 61.8 Å². The molecule has 0 aromatic heterocycles. The molecule has 0 aliphatic rings. The summed E-state index contributed by atoms with van der Waals surface area (Å²) in [7, 11) is 0. The Morgan fingerprint density at radius 1 is 1.20 bits per heavy atom. The zero-order chi connectivity index (χ0) is 14.7. The Morgan fingerprint density at radius 2 is 1.85 bits per heavy atom. The number of hydrogen-bond donors (Lipinski definition) is 1. The Labute approximate surface area is 134 Å². The number of nitrogens with one attached hydrogen (secondary N) is 1. The van der Waals surface area contributed by atoms with Crippen LogP contribution in [-0.2, 0) is 6.54 Å². The van der Waals surface area contributed by atoms with Crippen LogP contribution >= 0.6 is 39.1 Å². The van der Waals surface area contributed by atoms with Crippen molar-refractivity contribution in [1.82, 2.24) is 0 Å². The average Bonchev–Trinajstić information content (AvgIpc) is 2.39. The Balaban J connectivity index is 2.24. The number of benzene rings is 2. The van der Waals surface area contributed by atoms with Gasteiger partial charge in [0.25, 0.3) is 0 Å². The summed E-state index contributed by atoms with van der Waals surface area (Å²) in [5, 5.41) is 12.7. The maximum absolute atomic E-state index is 13.7. The van der Waals surface area contributed by atoms with Crippen LogP contribution in [0, 0.1) is 17.1 Å². The zero-order valence-electron chi connectivity index (χ0n) is 10.1. The van der Waals surface area contributed by atoms with Crippen LogP contribution in [0.2, 0.25) is 10.0 Å². The first-order valence-electron chi connectivity index (χ1n) is 5.58. The highest BCUT2D eigenvalue weighted by Gasteiger charge is 2.09. The van der Waals surface area contributed by atoms with E-state index in [-0.39, 0.29) is 12.4 Å². The van der Waals surface area contributed by atoms with E-state index in [1.807, 2.05) is 6.07 Å². The molecule has 0 unspecified atom stereocenters. The second-order valence-corrected chi connectivity index (χ2v) is 5.75. The van der Waals surface area contributed by atoms with Gasteiger partial charge >= 0.3 is 0 Å². The number of hydrogen-bond acceptors (Lipinski definition) is 2. The monoisotopic (exact) mass is 372 g/mol. The summed E-state index contributed by atoms with van der Waals surface area (Å²) >= 11 is 15.4. The van der Waals surface area contributed by atoms with Gasteiger partial charge in [-0.2, -0.15) is 5.26 Å². The molecule has 0 fully saturated rings. The number of nitrogens with zero attached hydrogens (tertiary/aromatic N) is 1. The Hall–Kier alpha value is -1.28. The lowest BCUT2D eigenvalue weighted by Gasteiger charge is -2.11. The Kier molecular flexibility index (Phi) is 4.87. The molecule has 0 saturated heterocycles. The van der Waals surface area contributed by atoms with Crippen LogP contribution in [0.25, 0.3) is 0 Å². The molecule has 0 aliphatic heterocycles. The van der Waals surface area contributed by atoms with Gasteiger partial charge in [0.15, 0.2) is 0 Å². The van der Waals surface area contributed by atoms with Crippen molar-refractivity contribution in [3.8, 4) is 6.07 Å². The van der Waals surface area contributed by atoms with Crippen LogP contribution in [0.5, 0.6) is 0 Å². The van der Waals surface area contributed by atoms with Gasteiger partial charge in [-0.25, -0.2) is 4.39 Å². The molecule has 0 bridgehead atoms. The maximum atomic E-state index is 13.7. The lowest BCUT2D eigenvalue weighted by molar-refractivity contribution is 0.612. The molecule has 2 aromatic carbocycles. The van der Waals surface area contributed by atoms with Crippen LogP contribution in [0.4, 0.5) is 10.1 Å². The molecule has 0 aliphatic carbocycles. The smallest absolute Gasteiger partial charge is 0.128 e. The topological polar surface area (TPSA) is 35.8 Å². The van der Waals surface area contributed by atoms with Gasteiger partial charge in [-0.1, -0.05) is 39.1 Å². The summed E-state index contributed by atoms with van der Waals surface area (Å²) in [5.41, 5.74) is 1.30. The molecule has 0 atom stereocenters. The van der Waals surface area contributed by atoms with E-state index >= 15 is 0 Å². The highest BCUT2D eigenvalue weighted by atomic mass is 79.9. The largest absolute Gasteiger partial charge is 0.378 e. The summed E-state index contributed by atoms with van der Waals surface area (Å²) in [5.74, 6) is -0.388. The predicted octanol–water partition coefficient (Wildman–Crippen LogP) is 5.38. The fraction of sp³-hybridized carbons (Fsp3) is 0.0714. The number of rotatable bonds is 3. The number of anilines is 1. The molecule has 6 heteroatoms. The van der Waals surface area contributed by atoms with E-state index in [1.54, 1.807) is 12.1 Å². The van der Waals surface area contributed by atoms with Gasteiger partial charge < -0.3 is 5.32 Å². The highest BCUT2D eigenvalue weighted by molar-refractivity contribution is 9.10. The van der Waals surface area contributed by atoms with Crippen molar-refractivity contribution in [3.63, 3.8) is 0 Å². The summed E-state index contributed by atoms with van der Waals surface area (Å²) in [4.78, 5) is 0. The third-order valence-corrected chi connectivity index (χ3v) is 3.69. The van der Waals surface area contributed by atoms with Gasteiger partial charge in [-0.05, 0) is 30.3 Å². The number of halogens is 4. The Morgan fingerprint density at radius 3 is 2.45 bits per heavy atom. The van der Waals surface area contributed by atoms with Crippen LogP contribution in [0.15, 0.2) is 34.8 Å². The van der Waals surface area contributed by atoms with Gasteiger partial charge in [0.2, 0.25) is 0 Å². The van der Waals surface area contributed by atoms with Crippen molar-refractivity contribution in [2.45, 2.75) is 6.54 Å². The van der Waals surface area contributed by atoms with E-state index in [1.165, 1.54) is 18.2 Å². The molecule has 2 rings (SSSR count). The van der Waals surface area contributed by atoms with E-state index in [0.29, 0.717) is 26.9 Å². The predicted molar refractivity (Wildman–Crippen MR) is 82.6 cm³/mol. The van der Waals surface area contributed by atoms with Gasteiger partial charge in [0, 0.05) is 16.6 Å². The van der Waals surface area contributed by atoms with Gasteiger partial charge in [-0.3, -0.25) is 0 Å². The molecule has 0 spiro atoms. The minimum Gasteiger partial charge on any atom is -0.378 e. The van der Waals surface area contributed by atoms with Crippen LogP contribution in [0.3, 0.4) is 0 Å². The summed E-state index contributed by atoms with van der Waals surface area (Å²) in [6.45, 7) is 0.183. The molecule has 2 nitrogen and oxygen atoms in total. The minimum absolute atomic E-state index is 0.183. The minimum atomic E-state index is -0.388. The van der Waals surface area contributed by atoms with Crippen molar-refractivity contribution in [2.24, 2.45) is 0 Å². The fourth-order valence-electron chi connectivity index (χ4n) is 1.67.